The number of hydrogen-bond donors (Lipinski definition) is 3. The summed E-state index contributed by atoms with van der Waals surface area (Å²) >= 11 is 0. The lowest BCUT2D eigenvalue weighted by Crippen LogP contribution is -2.11. The predicted octanol–water partition coefficient (Wildman–Crippen LogP) is 3.40. The second kappa shape index (κ2) is 5.02. The Morgan fingerprint density at radius 2 is 2.23 bits per heavy atom. The number of rotatable bonds is 3. The number of aryl methyl sites for hydroxylation is 2. The first-order valence-electron chi connectivity index (χ1n) is 7.74. The Hall–Kier alpha value is -2.56. The number of amides is 1. The molecular formula is C17H18N4O. The highest BCUT2D eigenvalue weighted by Crippen LogP contribution is 2.39. The van der Waals surface area contributed by atoms with E-state index in [0.717, 1.165) is 47.2 Å². The van der Waals surface area contributed by atoms with Crippen LogP contribution in [0.4, 0.5) is 5.69 Å². The van der Waals surface area contributed by atoms with Crippen molar-refractivity contribution in [1.82, 2.24) is 15.2 Å². The molecule has 0 aliphatic heterocycles. The number of nitrogens with one attached hydrogen (secondary N) is 3. The maximum absolute atomic E-state index is 12.0. The van der Waals surface area contributed by atoms with Crippen LogP contribution in [-0.4, -0.2) is 21.1 Å². The van der Waals surface area contributed by atoms with Gasteiger partial charge in [0, 0.05) is 17.3 Å². The molecular weight excluding hydrogens is 276 g/mol. The van der Waals surface area contributed by atoms with Gasteiger partial charge in [0.1, 0.15) is 0 Å². The Morgan fingerprint density at radius 1 is 1.32 bits per heavy atom. The summed E-state index contributed by atoms with van der Waals surface area (Å²) < 4.78 is 0. The summed E-state index contributed by atoms with van der Waals surface area (Å²) in [5, 5.41) is 11.4. The lowest BCUT2D eigenvalue weighted by Gasteiger charge is -2.13. The molecule has 5 heteroatoms. The van der Waals surface area contributed by atoms with Crippen molar-refractivity contribution in [3.63, 3.8) is 0 Å². The van der Waals surface area contributed by atoms with Crippen molar-refractivity contribution in [2.24, 2.45) is 0 Å². The lowest BCUT2D eigenvalue weighted by molar-refractivity contribution is -0.116. The summed E-state index contributed by atoms with van der Waals surface area (Å²) in [5.74, 6) is 0.0722. The minimum Gasteiger partial charge on any atom is -0.353 e. The van der Waals surface area contributed by atoms with Crippen molar-refractivity contribution >= 4 is 22.5 Å². The Bertz CT molecular complexity index is 859. The molecule has 22 heavy (non-hydrogen) atoms. The van der Waals surface area contributed by atoms with Gasteiger partial charge in [-0.2, -0.15) is 5.10 Å². The Kier molecular flexibility index (Phi) is 2.99. The first-order chi connectivity index (χ1) is 10.8. The predicted molar refractivity (Wildman–Crippen MR) is 86.8 cm³/mol. The Labute approximate surface area is 128 Å². The molecule has 0 saturated carbocycles. The number of aromatic amines is 2. The topological polar surface area (TPSA) is 73.6 Å². The van der Waals surface area contributed by atoms with E-state index in [4.69, 9.17) is 0 Å². The van der Waals surface area contributed by atoms with Gasteiger partial charge in [-0.15, -0.1) is 0 Å². The van der Waals surface area contributed by atoms with Crippen molar-refractivity contribution in [3.8, 4) is 11.4 Å². The number of carbonyl (C=O) groups excluding carboxylic acids is 1. The molecule has 112 valence electrons. The third-order valence-electron chi connectivity index (χ3n) is 4.29. The average molecular weight is 294 g/mol. The van der Waals surface area contributed by atoms with Crippen LogP contribution in [0.25, 0.3) is 22.3 Å². The fourth-order valence-corrected chi connectivity index (χ4v) is 3.30. The molecule has 2 heterocycles. The van der Waals surface area contributed by atoms with Crippen LogP contribution in [0.3, 0.4) is 0 Å². The Balaban J connectivity index is 1.86. The number of H-pyrrole nitrogens is 2. The van der Waals surface area contributed by atoms with Gasteiger partial charge < -0.3 is 10.3 Å². The normalized spacial score (nSPS) is 13.0. The highest BCUT2D eigenvalue weighted by atomic mass is 16.1. The molecule has 4 rings (SSSR count). The van der Waals surface area contributed by atoms with E-state index < -0.39 is 0 Å². The van der Waals surface area contributed by atoms with Crippen LogP contribution in [0, 0.1) is 0 Å². The largest absolute Gasteiger partial charge is 0.353 e. The van der Waals surface area contributed by atoms with Crippen molar-refractivity contribution in [1.29, 1.82) is 0 Å². The average Bonchev–Trinajstić information content (AvgIpc) is 3.11. The van der Waals surface area contributed by atoms with Crippen molar-refractivity contribution in [3.05, 3.63) is 35.5 Å². The number of anilines is 1. The zero-order chi connectivity index (χ0) is 15.1. The molecule has 2 aromatic heterocycles. The first-order valence-corrected chi connectivity index (χ1v) is 7.74. The van der Waals surface area contributed by atoms with Gasteiger partial charge in [-0.05, 0) is 42.5 Å². The van der Waals surface area contributed by atoms with Gasteiger partial charge >= 0.3 is 0 Å². The second-order valence-corrected chi connectivity index (χ2v) is 5.78. The first kappa shape index (κ1) is 13.1. The molecule has 1 aliphatic carbocycles. The fourth-order valence-electron chi connectivity index (χ4n) is 3.30. The summed E-state index contributed by atoms with van der Waals surface area (Å²) in [6.07, 6.45) is 5.23. The van der Waals surface area contributed by atoms with Crippen LogP contribution < -0.4 is 5.32 Å². The molecule has 1 aliphatic rings. The third kappa shape index (κ3) is 1.93. The van der Waals surface area contributed by atoms with Gasteiger partial charge in [0.2, 0.25) is 5.91 Å². The van der Waals surface area contributed by atoms with E-state index in [-0.39, 0.29) is 5.91 Å². The minimum absolute atomic E-state index is 0.0722. The van der Waals surface area contributed by atoms with E-state index in [2.05, 4.69) is 26.6 Å². The third-order valence-corrected chi connectivity index (χ3v) is 4.29. The van der Waals surface area contributed by atoms with Crippen LogP contribution in [0.15, 0.2) is 24.4 Å². The summed E-state index contributed by atoms with van der Waals surface area (Å²) in [6, 6.07) is 6.01. The summed E-state index contributed by atoms with van der Waals surface area (Å²) in [6.45, 7) is 2.01. The molecule has 1 amide bonds. The molecule has 0 unspecified atom stereocenters. The lowest BCUT2D eigenvalue weighted by atomic mass is 9.93. The van der Waals surface area contributed by atoms with Gasteiger partial charge in [-0.1, -0.05) is 13.0 Å². The quantitative estimate of drug-likeness (QED) is 0.692. The maximum Gasteiger partial charge on any atom is 0.224 e. The smallest absolute Gasteiger partial charge is 0.224 e. The van der Waals surface area contributed by atoms with Crippen molar-refractivity contribution < 1.29 is 4.79 Å². The van der Waals surface area contributed by atoms with E-state index in [1.165, 1.54) is 11.1 Å². The molecule has 0 radical (unpaired) electrons. The molecule has 1 aromatic carbocycles. The maximum atomic E-state index is 12.0. The highest BCUT2D eigenvalue weighted by Gasteiger charge is 2.23. The highest BCUT2D eigenvalue weighted by molar-refractivity contribution is 6.05. The number of benzene rings is 1. The number of nitrogens with zero attached hydrogens (tertiary/aromatic N) is 1. The van der Waals surface area contributed by atoms with Crippen molar-refractivity contribution in [2.45, 2.75) is 32.6 Å². The van der Waals surface area contributed by atoms with Gasteiger partial charge in [-0.25, -0.2) is 0 Å². The number of fused-ring (bicyclic) bond motifs is 5. The van der Waals surface area contributed by atoms with E-state index in [0.29, 0.717) is 6.42 Å². The second-order valence-electron chi connectivity index (χ2n) is 5.78. The zero-order valence-electron chi connectivity index (χ0n) is 12.5. The monoisotopic (exact) mass is 294 g/mol. The van der Waals surface area contributed by atoms with Crippen molar-refractivity contribution in [2.75, 3.05) is 5.32 Å². The minimum atomic E-state index is 0.0722. The summed E-state index contributed by atoms with van der Waals surface area (Å²) in [4.78, 5) is 15.4. The fraction of sp³-hybridized carbons (Fsp3) is 0.294. The molecule has 0 fully saturated rings. The molecule has 0 saturated heterocycles. The Morgan fingerprint density at radius 3 is 3.09 bits per heavy atom. The molecule has 3 aromatic rings. The standard InChI is InChI=1S/C17H18N4O/c1-2-4-14(22)19-12-5-3-6-13-15(12)11-8-7-10-9-18-21-16(10)17(11)20-13/h3,5-6,9,20H,2,4,7-8H2,1H3,(H,18,21)(H,19,22). The van der Waals surface area contributed by atoms with Gasteiger partial charge in [0.25, 0.3) is 0 Å². The van der Waals surface area contributed by atoms with E-state index in [1.807, 2.05) is 25.3 Å². The number of hydrogen-bond acceptors (Lipinski definition) is 2. The van der Waals surface area contributed by atoms with Gasteiger partial charge in [0.05, 0.1) is 23.3 Å². The van der Waals surface area contributed by atoms with Crippen LogP contribution in [0.2, 0.25) is 0 Å². The van der Waals surface area contributed by atoms with E-state index >= 15 is 0 Å². The van der Waals surface area contributed by atoms with Crippen LogP contribution in [0.1, 0.15) is 30.9 Å². The van der Waals surface area contributed by atoms with Gasteiger partial charge in [0.15, 0.2) is 0 Å². The van der Waals surface area contributed by atoms with E-state index in [1.54, 1.807) is 0 Å². The molecule has 3 N–H and O–H groups in total. The number of carbonyl (C=O) groups is 1. The molecule has 5 nitrogen and oxygen atoms in total. The van der Waals surface area contributed by atoms with Gasteiger partial charge in [-0.3, -0.25) is 9.89 Å². The van der Waals surface area contributed by atoms with Crippen LogP contribution in [0.5, 0.6) is 0 Å². The molecule has 0 atom stereocenters. The van der Waals surface area contributed by atoms with Crippen LogP contribution in [-0.2, 0) is 17.6 Å². The van der Waals surface area contributed by atoms with Crippen LogP contribution >= 0.6 is 0 Å². The zero-order valence-corrected chi connectivity index (χ0v) is 12.5. The number of aromatic nitrogens is 3. The SMILES string of the molecule is CCCC(=O)Nc1cccc2[nH]c3c(c12)CCc1cn[nH]c1-3. The van der Waals surface area contributed by atoms with E-state index in [9.17, 15) is 4.79 Å². The summed E-state index contributed by atoms with van der Waals surface area (Å²) in [5.41, 5.74) is 6.64. The molecule has 0 spiro atoms. The molecule has 0 bridgehead atoms. The summed E-state index contributed by atoms with van der Waals surface area (Å²) in [7, 11) is 0.